The maximum Gasteiger partial charge on any atom is 0.237 e. The highest BCUT2D eigenvalue weighted by Crippen LogP contribution is 2.16. The number of ether oxygens (including phenoxy) is 1. The number of fused-ring (bicyclic) bond motifs is 1. The van der Waals surface area contributed by atoms with E-state index in [1.807, 2.05) is 12.1 Å². The molecule has 0 aromatic heterocycles. The fourth-order valence-electron chi connectivity index (χ4n) is 2.50. The highest BCUT2D eigenvalue weighted by Gasteiger charge is 2.26. The number of benzene rings is 1. The number of amides is 1. The van der Waals surface area contributed by atoms with Crippen LogP contribution in [0.5, 0.6) is 0 Å². The Balaban J connectivity index is 1.97. The van der Waals surface area contributed by atoms with Gasteiger partial charge in [-0.25, -0.2) is 0 Å². The minimum atomic E-state index is -0.150. The van der Waals surface area contributed by atoms with Gasteiger partial charge in [0.25, 0.3) is 0 Å². The van der Waals surface area contributed by atoms with Gasteiger partial charge in [0, 0.05) is 13.7 Å². The predicted molar refractivity (Wildman–Crippen MR) is 79.4 cm³/mol. The molecule has 0 fully saturated rings. The van der Waals surface area contributed by atoms with Crippen LogP contribution in [-0.2, 0) is 22.5 Å². The van der Waals surface area contributed by atoms with Gasteiger partial charge in [-0.15, -0.1) is 0 Å². The van der Waals surface area contributed by atoms with E-state index in [2.05, 4.69) is 36.6 Å². The normalized spacial score (nSPS) is 19.5. The third-order valence-electron chi connectivity index (χ3n) is 3.88. The SMILES string of the molecule is COCC(NC(=O)[C@H]1Cc2ccccc2CN1)C(C)C. The quantitative estimate of drug-likeness (QED) is 0.856. The second-order valence-electron chi connectivity index (χ2n) is 5.72. The minimum absolute atomic E-state index is 0.0615. The lowest BCUT2D eigenvalue weighted by atomic mass is 9.95. The summed E-state index contributed by atoms with van der Waals surface area (Å²) in [5, 5.41) is 6.40. The van der Waals surface area contributed by atoms with Crippen LogP contribution in [0.4, 0.5) is 0 Å². The molecule has 0 saturated heterocycles. The molecular formula is C16H24N2O2. The first-order valence-electron chi connectivity index (χ1n) is 7.21. The number of nitrogens with one attached hydrogen (secondary N) is 2. The third-order valence-corrected chi connectivity index (χ3v) is 3.88. The van der Waals surface area contributed by atoms with Crippen LogP contribution in [0.15, 0.2) is 24.3 Å². The summed E-state index contributed by atoms with van der Waals surface area (Å²) in [4.78, 5) is 12.4. The van der Waals surface area contributed by atoms with E-state index in [1.165, 1.54) is 11.1 Å². The molecule has 1 aliphatic rings. The van der Waals surface area contributed by atoms with Crippen LogP contribution < -0.4 is 10.6 Å². The van der Waals surface area contributed by atoms with Gasteiger partial charge in [-0.2, -0.15) is 0 Å². The van der Waals surface area contributed by atoms with Crippen LogP contribution in [0.3, 0.4) is 0 Å². The van der Waals surface area contributed by atoms with Gasteiger partial charge in [0.2, 0.25) is 5.91 Å². The molecule has 0 bridgehead atoms. The molecule has 1 aliphatic heterocycles. The van der Waals surface area contributed by atoms with Crippen LogP contribution in [0.25, 0.3) is 0 Å². The molecule has 1 amide bonds. The topological polar surface area (TPSA) is 50.4 Å². The van der Waals surface area contributed by atoms with Crippen LogP contribution >= 0.6 is 0 Å². The van der Waals surface area contributed by atoms with Crippen molar-refractivity contribution in [1.29, 1.82) is 0 Å². The lowest BCUT2D eigenvalue weighted by Crippen LogP contribution is -2.52. The van der Waals surface area contributed by atoms with Crippen molar-refractivity contribution in [3.8, 4) is 0 Å². The molecule has 1 aromatic carbocycles. The number of rotatable bonds is 5. The minimum Gasteiger partial charge on any atom is -0.383 e. The highest BCUT2D eigenvalue weighted by atomic mass is 16.5. The first kappa shape index (κ1) is 15.0. The van der Waals surface area contributed by atoms with Crippen molar-refractivity contribution in [2.24, 2.45) is 5.92 Å². The second-order valence-corrected chi connectivity index (χ2v) is 5.72. The zero-order valence-electron chi connectivity index (χ0n) is 12.5. The molecule has 0 radical (unpaired) electrons. The van der Waals surface area contributed by atoms with Crippen LogP contribution in [0.1, 0.15) is 25.0 Å². The predicted octanol–water partition coefficient (Wildman–Crippen LogP) is 1.49. The third kappa shape index (κ3) is 3.58. The van der Waals surface area contributed by atoms with E-state index in [0.717, 1.165) is 13.0 Å². The van der Waals surface area contributed by atoms with E-state index in [1.54, 1.807) is 7.11 Å². The van der Waals surface area contributed by atoms with E-state index >= 15 is 0 Å². The molecule has 1 heterocycles. The lowest BCUT2D eigenvalue weighted by molar-refractivity contribution is -0.124. The van der Waals surface area contributed by atoms with E-state index in [4.69, 9.17) is 4.74 Å². The standard InChI is InChI=1S/C16H24N2O2/c1-11(2)15(10-20-3)18-16(19)14-8-12-6-4-5-7-13(12)9-17-14/h4-7,11,14-15,17H,8-10H2,1-3H3,(H,18,19)/t14-,15?/m1/s1. The van der Waals surface area contributed by atoms with E-state index in [9.17, 15) is 4.79 Å². The zero-order valence-corrected chi connectivity index (χ0v) is 12.5. The van der Waals surface area contributed by atoms with Gasteiger partial charge in [0.1, 0.15) is 0 Å². The number of hydrogen-bond acceptors (Lipinski definition) is 3. The van der Waals surface area contributed by atoms with Crippen LogP contribution in [-0.4, -0.2) is 31.7 Å². The van der Waals surface area contributed by atoms with Gasteiger partial charge >= 0.3 is 0 Å². The average molecular weight is 276 g/mol. The van der Waals surface area contributed by atoms with Crippen molar-refractivity contribution in [3.63, 3.8) is 0 Å². The Morgan fingerprint density at radius 3 is 2.75 bits per heavy atom. The molecule has 1 aromatic rings. The molecule has 20 heavy (non-hydrogen) atoms. The summed E-state index contributed by atoms with van der Waals surface area (Å²) < 4.78 is 5.17. The number of hydrogen-bond donors (Lipinski definition) is 2. The average Bonchev–Trinajstić information content (AvgIpc) is 2.46. The molecule has 2 atom stereocenters. The number of methoxy groups -OCH3 is 1. The largest absolute Gasteiger partial charge is 0.383 e. The summed E-state index contributed by atoms with van der Waals surface area (Å²) in [5.41, 5.74) is 2.55. The summed E-state index contributed by atoms with van der Waals surface area (Å²) in [6.07, 6.45) is 0.750. The first-order valence-corrected chi connectivity index (χ1v) is 7.21. The molecule has 110 valence electrons. The Morgan fingerprint density at radius 2 is 2.10 bits per heavy atom. The lowest BCUT2D eigenvalue weighted by Gasteiger charge is -2.28. The molecular weight excluding hydrogens is 252 g/mol. The van der Waals surface area contributed by atoms with Crippen molar-refractivity contribution in [2.75, 3.05) is 13.7 Å². The molecule has 1 unspecified atom stereocenters. The Hall–Kier alpha value is -1.39. The van der Waals surface area contributed by atoms with E-state index in [-0.39, 0.29) is 18.0 Å². The molecule has 4 heteroatoms. The monoisotopic (exact) mass is 276 g/mol. The number of carbonyl (C=O) groups excluding carboxylic acids is 1. The van der Waals surface area contributed by atoms with Crippen LogP contribution in [0, 0.1) is 5.92 Å². The molecule has 0 saturated carbocycles. The van der Waals surface area contributed by atoms with Crippen molar-refractivity contribution in [2.45, 2.75) is 38.9 Å². The fourth-order valence-corrected chi connectivity index (χ4v) is 2.50. The summed E-state index contributed by atoms with van der Waals surface area (Å²) in [7, 11) is 1.66. The second kappa shape index (κ2) is 6.86. The molecule has 0 aliphatic carbocycles. The van der Waals surface area contributed by atoms with Gasteiger partial charge in [0.05, 0.1) is 18.7 Å². The van der Waals surface area contributed by atoms with E-state index in [0.29, 0.717) is 12.5 Å². The number of carbonyl (C=O) groups is 1. The van der Waals surface area contributed by atoms with Crippen molar-refractivity contribution >= 4 is 5.91 Å². The highest BCUT2D eigenvalue weighted by molar-refractivity contribution is 5.82. The maximum atomic E-state index is 12.4. The molecule has 2 rings (SSSR count). The van der Waals surface area contributed by atoms with E-state index < -0.39 is 0 Å². The van der Waals surface area contributed by atoms with Gasteiger partial charge in [-0.05, 0) is 23.5 Å². The molecule has 0 spiro atoms. The Labute approximate surface area is 120 Å². The Morgan fingerprint density at radius 1 is 1.40 bits per heavy atom. The fraction of sp³-hybridized carbons (Fsp3) is 0.562. The van der Waals surface area contributed by atoms with Crippen molar-refractivity contribution in [1.82, 2.24) is 10.6 Å². The smallest absolute Gasteiger partial charge is 0.237 e. The first-order chi connectivity index (χ1) is 9.61. The summed E-state index contributed by atoms with van der Waals surface area (Å²) in [6, 6.07) is 8.19. The zero-order chi connectivity index (χ0) is 14.5. The van der Waals surface area contributed by atoms with Gasteiger partial charge < -0.3 is 15.4 Å². The van der Waals surface area contributed by atoms with Crippen molar-refractivity contribution in [3.05, 3.63) is 35.4 Å². The molecule has 2 N–H and O–H groups in total. The summed E-state index contributed by atoms with van der Waals surface area (Å²) in [6.45, 7) is 5.48. The Bertz CT molecular complexity index is 460. The summed E-state index contributed by atoms with van der Waals surface area (Å²) >= 11 is 0. The summed E-state index contributed by atoms with van der Waals surface area (Å²) in [5.74, 6) is 0.421. The van der Waals surface area contributed by atoms with Gasteiger partial charge in [0.15, 0.2) is 0 Å². The van der Waals surface area contributed by atoms with Gasteiger partial charge in [-0.1, -0.05) is 38.1 Å². The van der Waals surface area contributed by atoms with Gasteiger partial charge in [-0.3, -0.25) is 4.79 Å². The Kier molecular flexibility index (Phi) is 5.15. The molecule has 4 nitrogen and oxygen atoms in total. The van der Waals surface area contributed by atoms with Crippen molar-refractivity contribution < 1.29 is 9.53 Å². The van der Waals surface area contributed by atoms with Crippen LogP contribution in [0.2, 0.25) is 0 Å². The maximum absolute atomic E-state index is 12.4.